The maximum Gasteiger partial charge on any atom is 0.255 e. The number of aliphatic hydroxyl groups is 1. The minimum Gasteiger partial charge on any atom is -0.496 e. The Hall–Kier alpha value is -1.59. The van der Waals surface area contributed by atoms with Gasteiger partial charge in [-0.1, -0.05) is 11.6 Å². The summed E-state index contributed by atoms with van der Waals surface area (Å²) in [6, 6.07) is 5.80. The van der Waals surface area contributed by atoms with Crippen LogP contribution in [0.2, 0.25) is 0 Å². The smallest absolute Gasteiger partial charge is 0.255 e. The fourth-order valence-corrected chi connectivity index (χ4v) is 3.98. The number of carbonyl (C=O) groups excluding carboxylic acids is 1. The number of piperidine rings is 1. The van der Waals surface area contributed by atoms with Crippen molar-refractivity contribution in [3.63, 3.8) is 0 Å². The first-order chi connectivity index (χ1) is 11.6. The first kappa shape index (κ1) is 17.2. The highest BCUT2D eigenvalue weighted by Gasteiger charge is 2.39. The molecule has 1 heterocycles. The van der Waals surface area contributed by atoms with Crippen molar-refractivity contribution >= 4 is 5.91 Å². The lowest BCUT2D eigenvalue weighted by Crippen LogP contribution is -2.52. The van der Waals surface area contributed by atoms with E-state index in [0.29, 0.717) is 23.1 Å². The van der Waals surface area contributed by atoms with E-state index in [9.17, 15) is 9.90 Å². The lowest BCUT2D eigenvalue weighted by atomic mass is 9.71. The normalized spacial score (nSPS) is 25.6. The van der Waals surface area contributed by atoms with Gasteiger partial charge in [0.05, 0.1) is 18.8 Å². The summed E-state index contributed by atoms with van der Waals surface area (Å²) < 4.78 is 5.36. The molecule has 1 saturated carbocycles. The first-order valence-electron chi connectivity index (χ1n) is 8.92. The van der Waals surface area contributed by atoms with Gasteiger partial charge in [0.1, 0.15) is 5.75 Å². The molecule has 5 nitrogen and oxygen atoms in total. The Balaban J connectivity index is 1.76. The van der Waals surface area contributed by atoms with Crippen LogP contribution in [0, 0.1) is 18.8 Å². The van der Waals surface area contributed by atoms with Gasteiger partial charge in [0.25, 0.3) is 5.91 Å². The van der Waals surface area contributed by atoms with E-state index in [2.05, 4.69) is 10.6 Å². The van der Waals surface area contributed by atoms with Gasteiger partial charge in [0.2, 0.25) is 0 Å². The van der Waals surface area contributed by atoms with E-state index in [0.717, 1.165) is 44.3 Å². The van der Waals surface area contributed by atoms with Gasteiger partial charge >= 0.3 is 0 Å². The van der Waals surface area contributed by atoms with E-state index in [-0.39, 0.29) is 18.1 Å². The van der Waals surface area contributed by atoms with Gasteiger partial charge in [-0.2, -0.15) is 0 Å². The molecule has 1 aliphatic heterocycles. The van der Waals surface area contributed by atoms with Crippen molar-refractivity contribution in [2.75, 3.05) is 20.2 Å². The number of carbonyl (C=O) groups is 1. The molecule has 1 aliphatic carbocycles. The molecule has 1 aromatic rings. The molecule has 0 spiro atoms. The third-order valence-electron chi connectivity index (χ3n) is 5.45. The number of amides is 1. The van der Waals surface area contributed by atoms with Crippen molar-refractivity contribution in [2.45, 2.75) is 44.8 Å². The van der Waals surface area contributed by atoms with Gasteiger partial charge in [0, 0.05) is 6.04 Å². The molecule has 5 heteroatoms. The molecule has 0 unspecified atom stereocenters. The fraction of sp³-hybridized carbons (Fsp3) is 0.632. The predicted molar refractivity (Wildman–Crippen MR) is 93.3 cm³/mol. The highest BCUT2D eigenvalue weighted by atomic mass is 16.5. The number of aliphatic hydroxyl groups excluding tert-OH is 1. The topological polar surface area (TPSA) is 70.6 Å². The average Bonchev–Trinajstić information content (AvgIpc) is 2.57. The zero-order valence-corrected chi connectivity index (χ0v) is 14.5. The number of rotatable bonds is 5. The number of hydrogen-bond donors (Lipinski definition) is 3. The lowest BCUT2D eigenvalue weighted by molar-refractivity contribution is 0.00915. The number of hydrogen-bond acceptors (Lipinski definition) is 4. The van der Waals surface area contributed by atoms with E-state index in [1.165, 1.54) is 0 Å². The third kappa shape index (κ3) is 3.73. The van der Waals surface area contributed by atoms with E-state index in [1.54, 1.807) is 7.11 Å². The zero-order valence-electron chi connectivity index (χ0n) is 14.5. The highest BCUT2D eigenvalue weighted by Crippen LogP contribution is 2.36. The van der Waals surface area contributed by atoms with Crippen molar-refractivity contribution in [3.05, 3.63) is 29.3 Å². The summed E-state index contributed by atoms with van der Waals surface area (Å²) in [4.78, 5) is 12.9. The molecule has 0 bridgehead atoms. The van der Waals surface area contributed by atoms with Gasteiger partial charge in [-0.15, -0.1) is 0 Å². The van der Waals surface area contributed by atoms with Crippen LogP contribution in [0.5, 0.6) is 5.75 Å². The third-order valence-corrected chi connectivity index (χ3v) is 5.45. The number of aryl methyl sites for hydroxylation is 1. The van der Waals surface area contributed by atoms with Crippen molar-refractivity contribution in [1.82, 2.24) is 10.6 Å². The zero-order chi connectivity index (χ0) is 17.1. The number of benzene rings is 1. The molecule has 3 N–H and O–H groups in total. The molecule has 2 fully saturated rings. The molecule has 1 aromatic carbocycles. The van der Waals surface area contributed by atoms with Crippen LogP contribution in [0.4, 0.5) is 0 Å². The molecule has 0 radical (unpaired) electrons. The van der Waals surface area contributed by atoms with Crippen LogP contribution in [0.1, 0.15) is 41.6 Å². The lowest BCUT2D eigenvalue weighted by Gasteiger charge is -2.43. The molecule has 3 rings (SSSR count). The average molecular weight is 332 g/mol. The Morgan fingerprint density at radius 3 is 2.62 bits per heavy atom. The van der Waals surface area contributed by atoms with Gasteiger partial charge in [0.15, 0.2) is 0 Å². The van der Waals surface area contributed by atoms with Crippen LogP contribution >= 0.6 is 0 Å². The minimum atomic E-state index is -0.204. The van der Waals surface area contributed by atoms with Gasteiger partial charge < -0.3 is 20.5 Å². The Kier molecular flexibility index (Phi) is 5.41. The van der Waals surface area contributed by atoms with Crippen LogP contribution in [-0.4, -0.2) is 43.4 Å². The van der Waals surface area contributed by atoms with Crippen molar-refractivity contribution in [1.29, 1.82) is 0 Å². The summed E-state index contributed by atoms with van der Waals surface area (Å²) in [5.74, 6) is 1.39. The van der Waals surface area contributed by atoms with Crippen molar-refractivity contribution in [2.24, 2.45) is 11.8 Å². The summed E-state index contributed by atoms with van der Waals surface area (Å²) >= 11 is 0. The molecule has 2 aliphatic rings. The maximum absolute atomic E-state index is 12.9. The van der Waals surface area contributed by atoms with E-state index in [1.807, 2.05) is 25.1 Å². The molecular weight excluding hydrogens is 304 g/mol. The van der Waals surface area contributed by atoms with Crippen LogP contribution in [0.3, 0.4) is 0 Å². The summed E-state index contributed by atoms with van der Waals surface area (Å²) in [5, 5.41) is 16.3. The fourth-order valence-electron chi connectivity index (χ4n) is 3.98. The number of methoxy groups -OCH3 is 1. The predicted octanol–water partition coefficient (Wildman–Crippen LogP) is 1.87. The summed E-state index contributed by atoms with van der Waals surface area (Å²) in [6.45, 7) is 3.98. The second-order valence-corrected chi connectivity index (χ2v) is 7.18. The van der Waals surface area contributed by atoms with Crippen LogP contribution in [0.25, 0.3) is 0 Å². The molecule has 0 aromatic heterocycles. The number of ether oxygens (including phenoxy) is 1. The van der Waals surface area contributed by atoms with Gasteiger partial charge in [-0.3, -0.25) is 4.79 Å². The van der Waals surface area contributed by atoms with Crippen LogP contribution in [0.15, 0.2) is 18.2 Å². The second-order valence-electron chi connectivity index (χ2n) is 7.18. The summed E-state index contributed by atoms with van der Waals surface area (Å²) in [6.07, 6.45) is 3.52. The van der Waals surface area contributed by atoms with E-state index < -0.39 is 0 Å². The van der Waals surface area contributed by atoms with E-state index >= 15 is 0 Å². The Morgan fingerprint density at radius 2 is 2.00 bits per heavy atom. The van der Waals surface area contributed by atoms with Gasteiger partial charge in [-0.05, 0) is 69.7 Å². The quantitative estimate of drug-likeness (QED) is 0.770. The molecular formula is C19H28N2O3. The van der Waals surface area contributed by atoms with Crippen LogP contribution in [-0.2, 0) is 0 Å². The monoisotopic (exact) mass is 332 g/mol. The Morgan fingerprint density at radius 1 is 1.29 bits per heavy atom. The van der Waals surface area contributed by atoms with Gasteiger partial charge in [-0.25, -0.2) is 0 Å². The van der Waals surface area contributed by atoms with E-state index in [4.69, 9.17) is 4.74 Å². The Bertz CT molecular complexity index is 578. The first-order valence-corrected chi connectivity index (χ1v) is 8.92. The summed E-state index contributed by atoms with van der Waals surface area (Å²) in [5.41, 5.74) is 1.63. The molecule has 24 heavy (non-hydrogen) atoms. The standard InChI is InChI=1S/C19H28N2O3/c1-12-3-4-17(24-2)16(9-12)19(23)21-18(14-10-15(22)11-14)13-5-7-20-8-6-13/h3-4,9,13-15,18,20,22H,5-8,10-11H2,1-2H3,(H,21,23)/t14?,15?,18-/m0/s1. The maximum atomic E-state index is 12.9. The van der Waals surface area contributed by atoms with Crippen LogP contribution < -0.4 is 15.4 Å². The highest BCUT2D eigenvalue weighted by molar-refractivity contribution is 5.97. The van der Waals surface area contributed by atoms with Crippen molar-refractivity contribution < 1.29 is 14.6 Å². The SMILES string of the molecule is COc1ccc(C)cc1C(=O)N[C@@H](C1CCNCC1)C1CC(O)C1. The second kappa shape index (κ2) is 7.53. The molecule has 1 atom stereocenters. The summed E-state index contributed by atoms with van der Waals surface area (Å²) in [7, 11) is 1.59. The molecule has 1 saturated heterocycles. The molecule has 132 valence electrons. The minimum absolute atomic E-state index is 0.0690. The Labute approximate surface area is 143 Å². The number of nitrogens with one attached hydrogen (secondary N) is 2. The largest absolute Gasteiger partial charge is 0.496 e. The molecule has 1 amide bonds. The van der Waals surface area contributed by atoms with Crippen molar-refractivity contribution in [3.8, 4) is 5.75 Å².